The molecule has 11 heavy (non-hydrogen) atoms. The fraction of sp³-hybridized carbons (Fsp3) is 1.00. The summed E-state index contributed by atoms with van der Waals surface area (Å²) in [6, 6.07) is 0. The molecule has 1 rings (SSSR count). The van der Waals surface area contributed by atoms with E-state index in [-0.39, 0.29) is 6.67 Å². The van der Waals surface area contributed by atoms with Gasteiger partial charge in [0.15, 0.2) is 0 Å². The summed E-state index contributed by atoms with van der Waals surface area (Å²) in [6.07, 6.45) is 1.82. The van der Waals surface area contributed by atoms with Crippen LogP contribution in [0.25, 0.3) is 0 Å². The van der Waals surface area contributed by atoms with Crippen molar-refractivity contribution in [3.05, 3.63) is 0 Å². The highest BCUT2D eigenvalue weighted by atomic mass is 19.1. The summed E-state index contributed by atoms with van der Waals surface area (Å²) < 4.78 is 11.9. The number of aliphatic hydroxyl groups is 1. The van der Waals surface area contributed by atoms with Gasteiger partial charge in [-0.3, -0.25) is 4.90 Å². The molecule has 0 aromatic rings. The van der Waals surface area contributed by atoms with Crippen LogP contribution in [0.15, 0.2) is 0 Å². The van der Waals surface area contributed by atoms with Crippen molar-refractivity contribution in [2.45, 2.75) is 25.4 Å². The number of alkyl halides is 1. The summed E-state index contributed by atoms with van der Waals surface area (Å²) in [5.41, 5.74) is -0.590. The second-order valence-electron chi connectivity index (χ2n) is 3.57. The third-order valence-corrected chi connectivity index (χ3v) is 2.15. The minimum Gasteiger partial charge on any atom is -0.389 e. The number of hydrogen-bond donors (Lipinski definition) is 1. The van der Waals surface area contributed by atoms with E-state index in [1.165, 1.54) is 0 Å². The molecule has 0 bridgehead atoms. The molecule has 3 heteroatoms. The first-order valence-corrected chi connectivity index (χ1v) is 4.15. The Morgan fingerprint density at radius 2 is 2.36 bits per heavy atom. The highest BCUT2D eigenvalue weighted by Crippen LogP contribution is 2.19. The average Bonchev–Trinajstić information content (AvgIpc) is 1.85. The summed E-state index contributed by atoms with van der Waals surface area (Å²) >= 11 is 0. The lowest BCUT2D eigenvalue weighted by atomic mass is 9.95. The van der Waals surface area contributed by atoms with Gasteiger partial charge in [-0.15, -0.1) is 0 Å². The molecule has 0 amide bonds. The van der Waals surface area contributed by atoms with Gasteiger partial charge >= 0.3 is 0 Å². The van der Waals surface area contributed by atoms with E-state index < -0.39 is 5.60 Å². The Morgan fingerprint density at radius 1 is 1.64 bits per heavy atom. The SMILES string of the molecule is CC1(O)CCCN(CCF)C1. The Balaban J connectivity index is 2.34. The number of rotatable bonds is 2. The number of nitrogens with zero attached hydrogens (tertiary/aromatic N) is 1. The van der Waals surface area contributed by atoms with E-state index in [1.54, 1.807) is 0 Å². The van der Waals surface area contributed by atoms with E-state index in [0.29, 0.717) is 13.1 Å². The van der Waals surface area contributed by atoms with Crippen molar-refractivity contribution in [2.24, 2.45) is 0 Å². The predicted octanol–water partition coefficient (Wildman–Crippen LogP) is 0.803. The van der Waals surface area contributed by atoms with Crippen molar-refractivity contribution in [3.8, 4) is 0 Å². The van der Waals surface area contributed by atoms with Gasteiger partial charge in [0.05, 0.1) is 5.60 Å². The molecular formula is C8H16FNO. The quantitative estimate of drug-likeness (QED) is 0.647. The summed E-state index contributed by atoms with van der Waals surface area (Å²) in [7, 11) is 0. The molecule has 1 N–H and O–H groups in total. The van der Waals surface area contributed by atoms with Crippen molar-refractivity contribution >= 4 is 0 Å². The zero-order chi connectivity index (χ0) is 8.32. The van der Waals surface area contributed by atoms with Crippen LogP contribution in [0.3, 0.4) is 0 Å². The van der Waals surface area contributed by atoms with Crippen molar-refractivity contribution < 1.29 is 9.50 Å². The van der Waals surface area contributed by atoms with E-state index in [2.05, 4.69) is 0 Å². The molecule has 0 spiro atoms. The van der Waals surface area contributed by atoms with E-state index in [1.807, 2.05) is 11.8 Å². The molecule has 1 aliphatic rings. The average molecular weight is 161 g/mol. The Bertz CT molecular complexity index is 125. The van der Waals surface area contributed by atoms with Crippen LogP contribution in [-0.4, -0.2) is 41.9 Å². The Hall–Kier alpha value is -0.150. The first-order chi connectivity index (χ1) is 5.14. The summed E-state index contributed by atoms with van der Waals surface area (Å²) in [4.78, 5) is 1.98. The molecule has 2 nitrogen and oxygen atoms in total. The fourth-order valence-corrected chi connectivity index (χ4v) is 1.63. The van der Waals surface area contributed by atoms with Crippen LogP contribution >= 0.6 is 0 Å². The molecule has 0 aromatic carbocycles. The molecule has 1 atom stereocenters. The first-order valence-electron chi connectivity index (χ1n) is 4.15. The molecule has 1 saturated heterocycles. The van der Waals surface area contributed by atoms with Crippen LogP contribution in [-0.2, 0) is 0 Å². The Morgan fingerprint density at radius 3 is 2.91 bits per heavy atom. The van der Waals surface area contributed by atoms with Crippen molar-refractivity contribution in [2.75, 3.05) is 26.3 Å². The second kappa shape index (κ2) is 3.50. The van der Waals surface area contributed by atoms with E-state index in [0.717, 1.165) is 19.4 Å². The van der Waals surface area contributed by atoms with Gasteiger partial charge < -0.3 is 5.11 Å². The largest absolute Gasteiger partial charge is 0.389 e. The fourth-order valence-electron chi connectivity index (χ4n) is 1.63. The number of β-amino-alcohol motifs (C(OH)–C–C–N with tert-alkyl or cyclic N) is 1. The van der Waals surface area contributed by atoms with Gasteiger partial charge in [0, 0.05) is 13.1 Å². The lowest BCUT2D eigenvalue weighted by Gasteiger charge is -2.36. The maximum Gasteiger partial charge on any atom is 0.102 e. The molecule has 0 aliphatic carbocycles. The van der Waals surface area contributed by atoms with Crippen LogP contribution < -0.4 is 0 Å². The highest BCUT2D eigenvalue weighted by molar-refractivity contribution is 4.82. The third-order valence-electron chi connectivity index (χ3n) is 2.15. The van der Waals surface area contributed by atoms with Gasteiger partial charge in [0.25, 0.3) is 0 Å². The van der Waals surface area contributed by atoms with Crippen molar-refractivity contribution in [3.63, 3.8) is 0 Å². The zero-order valence-electron chi connectivity index (χ0n) is 7.02. The summed E-state index contributed by atoms with van der Waals surface area (Å²) in [5, 5.41) is 9.61. The lowest BCUT2D eigenvalue weighted by molar-refractivity contribution is -0.0166. The smallest absolute Gasteiger partial charge is 0.102 e. The maximum absolute atomic E-state index is 11.9. The van der Waals surface area contributed by atoms with Gasteiger partial charge in [-0.05, 0) is 26.3 Å². The van der Waals surface area contributed by atoms with Gasteiger partial charge in [-0.1, -0.05) is 0 Å². The monoisotopic (exact) mass is 161 g/mol. The number of hydrogen-bond acceptors (Lipinski definition) is 2. The molecule has 0 aromatic heterocycles. The molecule has 0 radical (unpaired) electrons. The number of likely N-dealkylation sites (tertiary alicyclic amines) is 1. The van der Waals surface area contributed by atoms with Crippen LogP contribution in [0.4, 0.5) is 4.39 Å². The molecule has 1 unspecified atom stereocenters. The molecule has 1 fully saturated rings. The third kappa shape index (κ3) is 2.75. The second-order valence-corrected chi connectivity index (χ2v) is 3.57. The van der Waals surface area contributed by atoms with E-state index >= 15 is 0 Å². The number of piperidine rings is 1. The van der Waals surface area contributed by atoms with Crippen LogP contribution in [0.5, 0.6) is 0 Å². The molecule has 1 aliphatic heterocycles. The van der Waals surface area contributed by atoms with E-state index in [4.69, 9.17) is 0 Å². The van der Waals surface area contributed by atoms with E-state index in [9.17, 15) is 9.50 Å². The van der Waals surface area contributed by atoms with Crippen molar-refractivity contribution in [1.82, 2.24) is 4.90 Å². The van der Waals surface area contributed by atoms with Gasteiger partial charge in [0.2, 0.25) is 0 Å². The lowest BCUT2D eigenvalue weighted by Crippen LogP contribution is -2.46. The zero-order valence-corrected chi connectivity index (χ0v) is 7.02. The van der Waals surface area contributed by atoms with Gasteiger partial charge in [-0.25, -0.2) is 4.39 Å². The van der Waals surface area contributed by atoms with Gasteiger partial charge in [-0.2, -0.15) is 0 Å². The number of halogens is 1. The minimum absolute atomic E-state index is 0.309. The normalized spacial score (nSPS) is 34.1. The minimum atomic E-state index is -0.590. The summed E-state index contributed by atoms with van der Waals surface area (Å²) in [5.74, 6) is 0. The summed E-state index contributed by atoms with van der Waals surface area (Å²) in [6.45, 7) is 3.53. The van der Waals surface area contributed by atoms with Crippen LogP contribution in [0.2, 0.25) is 0 Å². The van der Waals surface area contributed by atoms with Crippen molar-refractivity contribution in [1.29, 1.82) is 0 Å². The molecular weight excluding hydrogens is 145 g/mol. The highest BCUT2D eigenvalue weighted by Gasteiger charge is 2.27. The van der Waals surface area contributed by atoms with Crippen LogP contribution in [0, 0.1) is 0 Å². The Kier molecular flexibility index (Phi) is 2.84. The predicted molar refractivity (Wildman–Crippen MR) is 42.3 cm³/mol. The first kappa shape index (κ1) is 8.94. The van der Waals surface area contributed by atoms with Gasteiger partial charge in [0.1, 0.15) is 6.67 Å². The topological polar surface area (TPSA) is 23.5 Å². The molecule has 0 saturated carbocycles. The Labute approximate surface area is 67.0 Å². The maximum atomic E-state index is 11.9. The molecule has 1 heterocycles. The molecule has 66 valence electrons. The standard InChI is InChI=1S/C8H16FNO/c1-8(11)3-2-5-10(7-8)6-4-9/h11H,2-7H2,1H3. The van der Waals surface area contributed by atoms with Crippen LogP contribution in [0.1, 0.15) is 19.8 Å².